The van der Waals surface area contributed by atoms with Crippen LogP contribution in [-0.4, -0.2) is 19.3 Å². The van der Waals surface area contributed by atoms with Crippen LogP contribution < -0.4 is 9.47 Å². The Kier molecular flexibility index (Phi) is 4.85. The molecule has 0 amide bonds. The molecule has 112 valence electrons. The molecule has 0 radical (unpaired) electrons. The van der Waals surface area contributed by atoms with E-state index in [1.807, 2.05) is 0 Å². The summed E-state index contributed by atoms with van der Waals surface area (Å²) in [5.74, 6) is 0.578. The van der Waals surface area contributed by atoms with E-state index in [9.17, 15) is 9.50 Å². The second kappa shape index (κ2) is 6.45. The molecule has 0 aliphatic carbocycles. The Morgan fingerprint density at radius 2 is 1.81 bits per heavy atom. The maximum Gasteiger partial charge on any atom is 0.142 e. The molecule has 0 saturated carbocycles. The summed E-state index contributed by atoms with van der Waals surface area (Å²) >= 11 is 3.37. The predicted molar refractivity (Wildman–Crippen MR) is 82.4 cm³/mol. The Morgan fingerprint density at radius 3 is 2.43 bits per heavy atom. The number of rotatable bonds is 4. The molecule has 0 spiro atoms. The maximum atomic E-state index is 14.2. The lowest BCUT2D eigenvalue weighted by Gasteiger charge is -2.18. The van der Waals surface area contributed by atoms with Gasteiger partial charge in [0, 0.05) is 11.1 Å². The van der Waals surface area contributed by atoms with Crippen LogP contribution in [-0.2, 0) is 0 Å². The summed E-state index contributed by atoms with van der Waals surface area (Å²) in [4.78, 5) is 0. The molecule has 0 fully saturated rings. The lowest BCUT2D eigenvalue weighted by Crippen LogP contribution is -2.06. The number of halogens is 2. The molecule has 21 heavy (non-hydrogen) atoms. The minimum Gasteiger partial charge on any atom is -0.495 e. The quantitative estimate of drug-likeness (QED) is 0.901. The van der Waals surface area contributed by atoms with Gasteiger partial charge in [-0.3, -0.25) is 0 Å². The second-order valence-corrected chi connectivity index (χ2v) is 5.38. The van der Waals surface area contributed by atoms with Crippen LogP contribution in [0.5, 0.6) is 11.5 Å². The highest BCUT2D eigenvalue weighted by molar-refractivity contribution is 9.10. The fourth-order valence-electron chi connectivity index (χ4n) is 2.18. The van der Waals surface area contributed by atoms with Crippen LogP contribution in [0.1, 0.15) is 22.8 Å². The van der Waals surface area contributed by atoms with Gasteiger partial charge < -0.3 is 14.6 Å². The molecule has 0 bridgehead atoms. The molecule has 0 heterocycles. The lowest BCUT2D eigenvalue weighted by atomic mass is 9.98. The molecule has 0 aromatic heterocycles. The van der Waals surface area contributed by atoms with Crippen molar-refractivity contribution in [1.29, 1.82) is 0 Å². The highest BCUT2D eigenvalue weighted by Gasteiger charge is 2.22. The van der Waals surface area contributed by atoms with Gasteiger partial charge in [-0.1, -0.05) is 18.2 Å². The first-order valence-electron chi connectivity index (χ1n) is 6.34. The minimum absolute atomic E-state index is 0.213. The molecule has 0 aliphatic heterocycles. The molecule has 0 aliphatic rings. The van der Waals surface area contributed by atoms with Gasteiger partial charge in [-0.15, -0.1) is 0 Å². The van der Waals surface area contributed by atoms with Gasteiger partial charge in [0.2, 0.25) is 0 Å². The van der Waals surface area contributed by atoms with Crippen molar-refractivity contribution in [1.82, 2.24) is 0 Å². The second-order valence-electron chi connectivity index (χ2n) is 4.58. The Hall–Kier alpha value is -1.59. The van der Waals surface area contributed by atoms with Gasteiger partial charge in [-0.25, -0.2) is 4.39 Å². The molecule has 0 saturated heterocycles. The van der Waals surface area contributed by atoms with Crippen molar-refractivity contribution >= 4 is 15.9 Å². The molecule has 2 rings (SSSR count). The van der Waals surface area contributed by atoms with Gasteiger partial charge in [0.1, 0.15) is 27.9 Å². The zero-order valence-corrected chi connectivity index (χ0v) is 13.6. The predicted octanol–water partition coefficient (Wildman–Crippen LogP) is 4.00. The topological polar surface area (TPSA) is 38.7 Å². The van der Waals surface area contributed by atoms with Crippen molar-refractivity contribution in [3.05, 3.63) is 57.3 Å². The normalized spacial score (nSPS) is 12.1. The Morgan fingerprint density at radius 1 is 1.10 bits per heavy atom. The minimum atomic E-state index is -1.12. The van der Waals surface area contributed by atoms with Gasteiger partial charge in [-0.05, 0) is 40.5 Å². The van der Waals surface area contributed by atoms with Crippen LogP contribution in [0.25, 0.3) is 0 Å². The Balaban J connectivity index is 2.56. The summed E-state index contributed by atoms with van der Waals surface area (Å²) in [6.07, 6.45) is -1.12. The van der Waals surface area contributed by atoms with Crippen molar-refractivity contribution in [3.63, 3.8) is 0 Å². The van der Waals surface area contributed by atoms with E-state index in [2.05, 4.69) is 15.9 Å². The third-order valence-electron chi connectivity index (χ3n) is 3.33. The van der Waals surface area contributed by atoms with E-state index in [1.54, 1.807) is 37.3 Å². The van der Waals surface area contributed by atoms with E-state index in [4.69, 9.17) is 9.47 Å². The number of aliphatic hydroxyl groups is 1. The zero-order chi connectivity index (χ0) is 15.6. The highest BCUT2D eigenvalue weighted by atomic mass is 79.9. The third kappa shape index (κ3) is 2.89. The fourth-order valence-corrected chi connectivity index (χ4v) is 2.87. The van der Waals surface area contributed by atoms with Gasteiger partial charge >= 0.3 is 0 Å². The summed E-state index contributed by atoms with van der Waals surface area (Å²) in [5.41, 5.74) is 1.16. The molecule has 1 unspecified atom stereocenters. The van der Waals surface area contributed by atoms with Crippen LogP contribution in [0.15, 0.2) is 34.8 Å². The van der Waals surface area contributed by atoms with Crippen molar-refractivity contribution in [2.45, 2.75) is 13.0 Å². The molecule has 5 heteroatoms. The van der Waals surface area contributed by atoms with E-state index in [1.165, 1.54) is 14.2 Å². The monoisotopic (exact) mass is 354 g/mol. The standard InChI is InChI=1S/C16H16BrFO3/c1-9-5-4-6-10(14(9)18)15(19)11-7-8-12(20-2)13(17)16(11)21-3/h4-8,15,19H,1-3H3. The number of hydrogen-bond donors (Lipinski definition) is 1. The molecule has 2 aromatic carbocycles. The van der Waals surface area contributed by atoms with Crippen LogP contribution in [0.4, 0.5) is 4.39 Å². The number of aliphatic hydroxyl groups excluding tert-OH is 1. The van der Waals surface area contributed by atoms with E-state index in [-0.39, 0.29) is 5.56 Å². The van der Waals surface area contributed by atoms with Crippen LogP contribution in [0.3, 0.4) is 0 Å². The van der Waals surface area contributed by atoms with Crippen LogP contribution in [0, 0.1) is 12.7 Å². The summed E-state index contributed by atoms with van der Waals surface area (Å²) in [7, 11) is 3.03. The number of benzene rings is 2. The summed E-state index contributed by atoms with van der Waals surface area (Å²) < 4.78 is 25.3. The molecular formula is C16H16BrFO3. The van der Waals surface area contributed by atoms with Crippen molar-refractivity contribution < 1.29 is 19.0 Å². The van der Waals surface area contributed by atoms with E-state index >= 15 is 0 Å². The third-order valence-corrected chi connectivity index (χ3v) is 4.08. The average molecular weight is 355 g/mol. The van der Waals surface area contributed by atoms with E-state index in [0.29, 0.717) is 27.1 Å². The molecular weight excluding hydrogens is 339 g/mol. The first-order chi connectivity index (χ1) is 10.0. The molecule has 3 nitrogen and oxygen atoms in total. The van der Waals surface area contributed by atoms with E-state index in [0.717, 1.165) is 0 Å². The molecule has 2 aromatic rings. The van der Waals surface area contributed by atoms with Gasteiger partial charge in [0.25, 0.3) is 0 Å². The van der Waals surface area contributed by atoms with Gasteiger partial charge in [0.05, 0.1) is 14.2 Å². The summed E-state index contributed by atoms with van der Waals surface area (Å²) in [5, 5.41) is 10.5. The molecule has 1 N–H and O–H groups in total. The zero-order valence-electron chi connectivity index (χ0n) is 12.0. The van der Waals surface area contributed by atoms with Crippen molar-refractivity contribution in [2.75, 3.05) is 14.2 Å². The number of ether oxygens (including phenoxy) is 2. The average Bonchev–Trinajstić information content (AvgIpc) is 2.49. The summed E-state index contributed by atoms with van der Waals surface area (Å²) in [6, 6.07) is 8.28. The number of hydrogen-bond acceptors (Lipinski definition) is 3. The maximum absolute atomic E-state index is 14.2. The first-order valence-corrected chi connectivity index (χ1v) is 7.14. The smallest absolute Gasteiger partial charge is 0.142 e. The molecule has 1 atom stereocenters. The van der Waals surface area contributed by atoms with Crippen molar-refractivity contribution in [2.24, 2.45) is 0 Å². The van der Waals surface area contributed by atoms with Crippen molar-refractivity contribution in [3.8, 4) is 11.5 Å². The SMILES string of the molecule is COc1ccc(C(O)c2cccc(C)c2F)c(OC)c1Br. The lowest BCUT2D eigenvalue weighted by molar-refractivity contribution is 0.209. The summed E-state index contributed by atoms with van der Waals surface area (Å²) in [6.45, 7) is 1.66. The van der Waals surface area contributed by atoms with Gasteiger partial charge in [0.15, 0.2) is 0 Å². The van der Waals surface area contributed by atoms with Crippen LogP contribution >= 0.6 is 15.9 Å². The van der Waals surface area contributed by atoms with Gasteiger partial charge in [-0.2, -0.15) is 0 Å². The Labute approximate surface area is 131 Å². The largest absolute Gasteiger partial charge is 0.495 e. The van der Waals surface area contributed by atoms with Crippen LogP contribution in [0.2, 0.25) is 0 Å². The first kappa shape index (κ1) is 15.8. The Bertz CT molecular complexity index is 658. The fraction of sp³-hybridized carbons (Fsp3) is 0.250. The number of aryl methyl sites for hydroxylation is 1. The highest BCUT2D eigenvalue weighted by Crippen LogP contribution is 2.41. The van der Waals surface area contributed by atoms with E-state index < -0.39 is 11.9 Å². The number of methoxy groups -OCH3 is 2.